The Morgan fingerprint density at radius 2 is 2.19 bits per heavy atom. The minimum atomic E-state index is -0.0318. The van der Waals surface area contributed by atoms with Gasteiger partial charge < -0.3 is 0 Å². The summed E-state index contributed by atoms with van der Waals surface area (Å²) in [5, 5.41) is 6.81. The van der Waals surface area contributed by atoms with Crippen molar-refractivity contribution in [2.45, 2.75) is 40.5 Å². The molecule has 1 N–H and O–H groups in total. The number of anilines is 1. The monoisotopic (exact) mass is 224 g/mol. The van der Waals surface area contributed by atoms with Crippen LogP contribution in [0.1, 0.15) is 39.4 Å². The highest BCUT2D eigenvalue weighted by Gasteiger charge is 2.21. The standard InChI is InChI=1S/C11H20N4O/c1-5-6-7-15(10(16)8(2)3)11-12-9(4)13-14-11/h8H,5-7H2,1-4H3,(H,12,13,14). The Morgan fingerprint density at radius 3 is 2.62 bits per heavy atom. The van der Waals surface area contributed by atoms with Crippen molar-refractivity contribution in [2.75, 3.05) is 11.4 Å². The highest BCUT2D eigenvalue weighted by molar-refractivity contribution is 5.92. The third kappa shape index (κ3) is 3.05. The van der Waals surface area contributed by atoms with Gasteiger partial charge in [-0.05, 0) is 13.3 Å². The number of carbonyl (C=O) groups is 1. The molecule has 0 aliphatic rings. The summed E-state index contributed by atoms with van der Waals surface area (Å²) in [6.45, 7) is 8.39. The summed E-state index contributed by atoms with van der Waals surface area (Å²) in [5.74, 6) is 1.26. The molecule has 0 aliphatic carbocycles. The van der Waals surface area contributed by atoms with Crippen molar-refractivity contribution in [2.24, 2.45) is 5.92 Å². The fourth-order valence-corrected chi connectivity index (χ4v) is 1.39. The number of aryl methyl sites for hydroxylation is 1. The number of amides is 1. The van der Waals surface area contributed by atoms with Crippen molar-refractivity contribution < 1.29 is 4.79 Å². The Morgan fingerprint density at radius 1 is 1.50 bits per heavy atom. The molecule has 0 aliphatic heterocycles. The van der Waals surface area contributed by atoms with Gasteiger partial charge in [-0.25, -0.2) is 0 Å². The van der Waals surface area contributed by atoms with Gasteiger partial charge in [-0.2, -0.15) is 4.98 Å². The summed E-state index contributed by atoms with van der Waals surface area (Å²) in [7, 11) is 0. The van der Waals surface area contributed by atoms with E-state index in [9.17, 15) is 4.79 Å². The summed E-state index contributed by atoms with van der Waals surface area (Å²) in [6, 6.07) is 0. The third-order valence-corrected chi connectivity index (χ3v) is 2.32. The highest BCUT2D eigenvalue weighted by atomic mass is 16.2. The van der Waals surface area contributed by atoms with E-state index in [1.165, 1.54) is 0 Å². The molecular formula is C11H20N4O. The molecule has 0 bridgehead atoms. The Hall–Kier alpha value is -1.39. The van der Waals surface area contributed by atoms with Gasteiger partial charge in [0.2, 0.25) is 5.91 Å². The van der Waals surface area contributed by atoms with E-state index in [-0.39, 0.29) is 11.8 Å². The van der Waals surface area contributed by atoms with Crippen LogP contribution in [0, 0.1) is 12.8 Å². The Kier molecular flexibility index (Phi) is 4.46. The number of nitrogens with zero attached hydrogens (tertiary/aromatic N) is 3. The SMILES string of the molecule is CCCCN(C(=O)C(C)C)c1n[nH]c(C)n1. The van der Waals surface area contributed by atoms with E-state index in [1.807, 2.05) is 20.8 Å². The minimum Gasteiger partial charge on any atom is -0.279 e. The number of nitrogens with one attached hydrogen (secondary N) is 1. The van der Waals surface area contributed by atoms with Crippen LogP contribution in [0.25, 0.3) is 0 Å². The fraction of sp³-hybridized carbons (Fsp3) is 0.727. The molecule has 1 amide bonds. The van der Waals surface area contributed by atoms with Gasteiger partial charge in [0.25, 0.3) is 5.95 Å². The summed E-state index contributed by atoms with van der Waals surface area (Å²) in [6.07, 6.45) is 2.01. The first-order valence-electron chi connectivity index (χ1n) is 5.76. The van der Waals surface area contributed by atoms with Crippen LogP contribution in [-0.2, 0) is 4.79 Å². The molecule has 0 saturated heterocycles. The molecule has 5 nitrogen and oxygen atoms in total. The molecule has 1 aromatic rings. The smallest absolute Gasteiger partial charge is 0.251 e. The van der Waals surface area contributed by atoms with Crippen LogP contribution in [0.4, 0.5) is 5.95 Å². The number of carbonyl (C=O) groups excluding carboxylic acids is 1. The molecule has 5 heteroatoms. The average Bonchev–Trinajstić information content (AvgIpc) is 2.65. The lowest BCUT2D eigenvalue weighted by Crippen LogP contribution is -2.36. The first-order valence-corrected chi connectivity index (χ1v) is 5.76. The van der Waals surface area contributed by atoms with Gasteiger partial charge >= 0.3 is 0 Å². The molecule has 0 fully saturated rings. The lowest BCUT2D eigenvalue weighted by molar-refractivity contribution is -0.121. The Bertz CT molecular complexity index is 346. The maximum Gasteiger partial charge on any atom is 0.251 e. The van der Waals surface area contributed by atoms with Gasteiger partial charge in [0, 0.05) is 12.5 Å². The molecule has 1 aromatic heterocycles. The van der Waals surface area contributed by atoms with Crippen LogP contribution in [0.5, 0.6) is 0 Å². The summed E-state index contributed by atoms with van der Waals surface area (Å²) in [5.41, 5.74) is 0. The van der Waals surface area contributed by atoms with Crippen molar-refractivity contribution >= 4 is 11.9 Å². The third-order valence-electron chi connectivity index (χ3n) is 2.32. The molecule has 0 spiro atoms. The number of H-pyrrole nitrogens is 1. The zero-order chi connectivity index (χ0) is 12.1. The van der Waals surface area contributed by atoms with E-state index >= 15 is 0 Å². The van der Waals surface area contributed by atoms with Crippen molar-refractivity contribution in [3.63, 3.8) is 0 Å². The molecule has 0 radical (unpaired) electrons. The molecule has 1 rings (SSSR count). The molecule has 1 heterocycles. The van der Waals surface area contributed by atoms with Crippen molar-refractivity contribution in [1.82, 2.24) is 15.2 Å². The maximum absolute atomic E-state index is 12.0. The van der Waals surface area contributed by atoms with E-state index in [4.69, 9.17) is 0 Å². The van der Waals surface area contributed by atoms with Crippen LogP contribution < -0.4 is 4.90 Å². The second kappa shape index (κ2) is 5.63. The minimum absolute atomic E-state index is 0.0318. The zero-order valence-corrected chi connectivity index (χ0v) is 10.4. The number of hydrogen-bond acceptors (Lipinski definition) is 3. The number of unbranched alkanes of at least 4 members (excludes halogenated alkanes) is 1. The van der Waals surface area contributed by atoms with Crippen LogP contribution in [0.2, 0.25) is 0 Å². The topological polar surface area (TPSA) is 61.9 Å². The van der Waals surface area contributed by atoms with Gasteiger partial charge in [-0.3, -0.25) is 14.8 Å². The van der Waals surface area contributed by atoms with E-state index < -0.39 is 0 Å². The second-order valence-electron chi connectivity index (χ2n) is 4.22. The van der Waals surface area contributed by atoms with Crippen molar-refractivity contribution in [3.8, 4) is 0 Å². The second-order valence-corrected chi connectivity index (χ2v) is 4.22. The Labute approximate surface area is 96.3 Å². The zero-order valence-electron chi connectivity index (χ0n) is 10.4. The van der Waals surface area contributed by atoms with E-state index in [0.29, 0.717) is 12.5 Å². The highest BCUT2D eigenvalue weighted by Crippen LogP contribution is 2.12. The Balaban J connectivity index is 2.82. The summed E-state index contributed by atoms with van der Waals surface area (Å²) in [4.78, 5) is 17.9. The van der Waals surface area contributed by atoms with Crippen molar-refractivity contribution in [3.05, 3.63) is 5.82 Å². The number of aromatic amines is 1. The quantitative estimate of drug-likeness (QED) is 0.831. The predicted molar refractivity (Wildman–Crippen MR) is 63.2 cm³/mol. The fourth-order valence-electron chi connectivity index (χ4n) is 1.39. The van der Waals surface area contributed by atoms with Gasteiger partial charge in [0.15, 0.2) is 0 Å². The first kappa shape index (κ1) is 12.7. The van der Waals surface area contributed by atoms with Crippen LogP contribution in [0.3, 0.4) is 0 Å². The predicted octanol–water partition coefficient (Wildman–Crippen LogP) is 1.90. The van der Waals surface area contributed by atoms with Crippen LogP contribution in [0.15, 0.2) is 0 Å². The molecular weight excluding hydrogens is 204 g/mol. The normalized spacial score (nSPS) is 10.8. The number of aromatic nitrogens is 3. The van der Waals surface area contributed by atoms with Crippen LogP contribution in [-0.4, -0.2) is 27.6 Å². The number of rotatable bonds is 5. The van der Waals surface area contributed by atoms with Gasteiger partial charge in [0.1, 0.15) is 5.82 Å². The van der Waals surface area contributed by atoms with E-state index in [2.05, 4.69) is 22.1 Å². The molecule has 0 saturated carbocycles. The summed E-state index contributed by atoms with van der Waals surface area (Å²) < 4.78 is 0. The molecule has 16 heavy (non-hydrogen) atoms. The molecule has 0 atom stereocenters. The first-order chi connectivity index (χ1) is 7.56. The van der Waals surface area contributed by atoms with Crippen molar-refractivity contribution in [1.29, 1.82) is 0 Å². The average molecular weight is 224 g/mol. The summed E-state index contributed by atoms with van der Waals surface area (Å²) >= 11 is 0. The van der Waals surface area contributed by atoms with Gasteiger partial charge in [0.05, 0.1) is 0 Å². The van der Waals surface area contributed by atoms with E-state index in [0.717, 1.165) is 18.7 Å². The van der Waals surface area contributed by atoms with Crippen LogP contribution >= 0.6 is 0 Å². The lowest BCUT2D eigenvalue weighted by atomic mass is 10.2. The molecule has 0 unspecified atom stereocenters. The molecule has 0 aromatic carbocycles. The van der Waals surface area contributed by atoms with E-state index in [1.54, 1.807) is 4.90 Å². The maximum atomic E-state index is 12.0. The van der Waals surface area contributed by atoms with Gasteiger partial charge in [-0.15, -0.1) is 5.10 Å². The largest absolute Gasteiger partial charge is 0.279 e. The lowest BCUT2D eigenvalue weighted by Gasteiger charge is -2.20. The van der Waals surface area contributed by atoms with Gasteiger partial charge in [-0.1, -0.05) is 27.2 Å². The number of hydrogen-bond donors (Lipinski definition) is 1. The molecule has 90 valence electrons.